The summed E-state index contributed by atoms with van der Waals surface area (Å²) in [5, 5.41) is 6.47. The van der Waals surface area contributed by atoms with E-state index in [0.717, 1.165) is 29.5 Å². The Morgan fingerprint density at radius 1 is 1.42 bits per heavy atom. The van der Waals surface area contributed by atoms with Crippen LogP contribution in [0.1, 0.15) is 30.2 Å². The number of nitrogens with zero attached hydrogens (tertiary/aromatic N) is 2. The van der Waals surface area contributed by atoms with Crippen LogP contribution in [-0.2, 0) is 24.2 Å². The Morgan fingerprint density at radius 3 is 2.96 bits per heavy atom. The maximum atomic E-state index is 13.0. The average Bonchev–Trinajstić information content (AvgIpc) is 2.94. The highest BCUT2D eigenvalue weighted by molar-refractivity contribution is 7.18. The highest BCUT2D eigenvalue weighted by atomic mass is 32.1. The number of aryl methyl sites for hydroxylation is 2. The summed E-state index contributed by atoms with van der Waals surface area (Å²) in [5.74, 6) is 0.305. The van der Waals surface area contributed by atoms with Crippen molar-refractivity contribution >= 4 is 33.4 Å². The Morgan fingerprint density at radius 2 is 2.21 bits per heavy atom. The molecule has 0 bridgehead atoms. The number of thiophene rings is 1. The number of hydrogen-bond donors (Lipinski definition) is 2. The number of amides is 1. The number of fused-ring (bicyclic) bond motifs is 3. The van der Waals surface area contributed by atoms with Crippen LogP contribution >= 0.6 is 11.3 Å². The summed E-state index contributed by atoms with van der Waals surface area (Å²) in [5.41, 5.74) is 1.13. The minimum atomic E-state index is -0.123. The van der Waals surface area contributed by atoms with Crippen molar-refractivity contribution in [2.45, 2.75) is 39.2 Å². The van der Waals surface area contributed by atoms with Gasteiger partial charge in [0.05, 0.1) is 11.9 Å². The number of anilines is 1. The molecule has 2 aromatic heterocycles. The molecule has 0 saturated carbocycles. The minimum Gasteiger partial charge on any atom is -0.355 e. The van der Waals surface area contributed by atoms with Crippen LogP contribution in [0, 0.1) is 0 Å². The van der Waals surface area contributed by atoms with Gasteiger partial charge in [-0.25, -0.2) is 4.98 Å². The molecule has 0 aliphatic heterocycles. The van der Waals surface area contributed by atoms with E-state index in [0.29, 0.717) is 19.0 Å². The summed E-state index contributed by atoms with van der Waals surface area (Å²) < 4.78 is 1.57. The standard InChI is InChI=1S/C17H22N4O2S/c1-3-9-21-16(23)14-11-7-5-6-8-12(11)24-15(14)20-17(21)19-10-13(22)18-4-2/h3H,1,4-10H2,2H3,(H,18,22)(H,19,20). The molecule has 2 heterocycles. The fraction of sp³-hybridized carbons (Fsp3) is 0.471. The molecule has 0 fully saturated rings. The summed E-state index contributed by atoms with van der Waals surface area (Å²) >= 11 is 1.61. The second-order valence-corrected chi connectivity index (χ2v) is 6.92. The van der Waals surface area contributed by atoms with Crippen molar-refractivity contribution in [3.05, 3.63) is 33.4 Å². The van der Waals surface area contributed by atoms with E-state index < -0.39 is 0 Å². The fourth-order valence-corrected chi connectivity index (χ4v) is 4.34. The monoisotopic (exact) mass is 346 g/mol. The largest absolute Gasteiger partial charge is 0.355 e. The topological polar surface area (TPSA) is 76.0 Å². The van der Waals surface area contributed by atoms with Gasteiger partial charge in [0.1, 0.15) is 4.83 Å². The third-order valence-corrected chi connectivity index (χ3v) is 5.35. The van der Waals surface area contributed by atoms with Crippen molar-refractivity contribution in [3.8, 4) is 0 Å². The number of aromatic nitrogens is 2. The SMILES string of the molecule is C=CCn1c(NCC(=O)NCC)nc2sc3c(c2c1=O)CCCC3. The van der Waals surface area contributed by atoms with Crippen LogP contribution in [0.5, 0.6) is 0 Å². The van der Waals surface area contributed by atoms with Crippen LogP contribution in [0.25, 0.3) is 10.2 Å². The van der Waals surface area contributed by atoms with Gasteiger partial charge in [-0.2, -0.15) is 0 Å². The number of hydrogen-bond acceptors (Lipinski definition) is 5. The van der Waals surface area contributed by atoms with Crippen LogP contribution in [0.2, 0.25) is 0 Å². The first-order chi connectivity index (χ1) is 11.7. The van der Waals surface area contributed by atoms with Gasteiger partial charge >= 0.3 is 0 Å². The van der Waals surface area contributed by atoms with Gasteiger partial charge < -0.3 is 10.6 Å². The van der Waals surface area contributed by atoms with E-state index in [2.05, 4.69) is 22.2 Å². The highest BCUT2D eigenvalue weighted by Crippen LogP contribution is 2.34. The Balaban J connectivity index is 2.04. The Labute approximate surface area is 144 Å². The molecule has 1 aliphatic rings. The molecule has 0 unspecified atom stereocenters. The van der Waals surface area contributed by atoms with Crippen molar-refractivity contribution in [1.82, 2.24) is 14.9 Å². The lowest BCUT2D eigenvalue weighted by atomic mass is 9.97. The third kappa shape index (κ3) is 3.08. The van der Waals surface area contributed by atoms with Gasteiger partial charge in [-0.05, 0) is 38.2 Å². The van der Waals surface area contributed by atoms with Crippen LogP contribution in [0.3, 0.4) is 0 Å². The fourth-order valence-electron chi connectivity index (χ4n) is 3.09. The Bertz CT molecular complexity index is 837. The zero-order valence-electron chi connectivity index (χ0n) is 13.9. The van der Waals surface area contributed by atoms with Gasteiger partial charge in [-0.15, -0.1) is 17.9 Å². The van der Waals surface area contributed by atoms with E-state index in [1.807, 2.05) is 6.92 Å². The Hall–Kier alpha value is -2.15. The smallest absolute Gasteiger partial charge is 0.264 e. The van der Waals surface area contributed by atoms with E-state index >= 15 is 0 Å². The van der Waals surface area contributed by atoms with E-state index in [4.69, 9.17) is 0 Å². The summed E-state index contributed by atoms with van der Waals surface area (Å²) in [6.07, 6.45) is 5.94. The van der Waals surface area contributed by atoms with Crippen molar-refractivity contribution in [1.29, 1.82) is 0 Å². The van der Waals surface area contributed by atoms with E-state index in [1.54, 1.807) is 22.0 Å². The molecule has 0 atom stereocenters. The molecular weight excluding hydrogens is 324 g/mol. The predicted octanol–water partition coefficient (Wildman–Crippen LogP) is 2.07. The maximum Gasteiger partial charge on any atom is 0.264 e. The maximum absolute atomic E-state index is 13.0. The van der Waals surface area contributed by atoms with Gasteiger partial charge in [0.15, 0.2) is 0 Å². The van der Waals surface area contributed by atoms with Crippen molar-refractivity contribution < 1.29 is 4.79 Å². The van der Waals surface area contributed by atoms with Crippen LogP contribution in [-0.4, -0.2) is 28.5 Å². The number of rotatable bonds is 6. The second-order valence-electron chi connectivity index (χ2n) is 5.84. The first-order valence-electron chi connectivity index (χ1n) is 8.32. The van der Waals surface area contributed by atoms with Crippen LogP contribution in [0.15, 0.2) is 17.4 Å². The quantitative estimate of drug-likeness (QED) is 0.785. The lowest BCUT2D eigenvalue weighted by Crippen LogP contribution is -2.32. The first kappa shape index (κ1) is 16.7. The summed E-state index contributed by atoms with van der Waals surface area (Å²) in [6.45, 7) is 6.62. The van der Waals surface area contributed by atoms with Crippen LogP contribution in [0.4, 0.5) is 5.95 Å². The van der Waals surface area contributed by atoms with Crippen molar-refractivity contribution in [3.63, 3.8) is 0 Å². The molecule has 0 radical (unpaired) electrons. The summed E-state index contributed by atoms with van der Waals surface area (Å²) in [6, 6.07) is 0. The Kier molecular flexibility index (Phi) is 4.99. The molecule has 0 aromatic carbocycles. The molecular formula is C17H22N4O2S. The number of allylic oxidation sites excluding steroid dienone is 1. The van der Waals surface area contributed by atoms with Crippen molar-refractivity contribution in [2.75, 3.05) is 18.4 Å². The molecule has 128 valence electrons. The molecule has 7 heteroatoms. The van der Waals surface area contributed by atoms with Crippen LogP contribution < -0.4 is 16.2 Å². The van der Waals surface area contributed by atoms with Gasteiger partial charge in [-0.1, -0.05) is 6.08 Å². The average molecular weight is 346 g/mol. The highest BCUT2D eigenvalue weighted by Gasteiger charge is 2.21. The molecule has 6 nitrogen and oxygen atoms in total. The predicted molar refractivity (Wildman–Crippen MR) is 97.9 cm³/mol. The summed E-state index contributed by atoms with van der Waals surface area (Å²) in [7, 11) is 0. The lowest BCUT2D eigenvalue weighted by molar-refractivity contribution is -0.119. The number of carbonyl (C=O) groups excluding carboxylic acids is 1. The second kappa shape index (κ2) is 7.17. The number of likely N-dealkylation sites (N-methyl/N-ethyl adjacent to an activating group) is 1. The molecule has 1 amide bonds. The van der Waals surface area contributed by atoms with Gasteiger partial charge in [0.2, 0.25) is 11.9 Å². The third-order valence-electron chi connectivity index (χ3n) is 4.17. The first-order valence-corrected chi connectivity index (χ1v) is 9.14. The van der Waals surface area contributed by atoms with E-state index in [-0.39, 0.29) is 18.0 Å². The molecule has 24 heavy (non-hydrogen) atoms. The molecule has 2 N–H and O–H groups in total. The van der Waals surface area contributed by atoms with E-state index in [1.165, 1.54) is 16.9 Å². The number of carbonyl (C=O) groups is 1. The zero-order valence-corrected chi connectivity index (χ0v) is 14.7. The molecule has 3 rings (SSSR count). The van der Waals surface area contributed by atoms with Gasteiger partial charge in [0.25, 0.3) is 5.56 Å². The van der Waals surface area contributed by atoms with Gasteiger partial charge in [0, 0.05) is 18.0 Å². The number of nitrogens with one attached hydrogen (secondary N) is 2. The molecule has 2 aromatic rings. The normalized spacial score (nSPS) is 13.5. The molecule has 0 saturated heterocycles. The molecule has 0 spiro atoms. The summed E-state index contributed by atoms with van der Waals surface area (Å²) in [4.78, 5) is 31.4. The lowest BCUT2D eigenvalue weighted by Gasteiger charge is -2.13. The van der Waals surface area contributed by atoms with E-state index in [9.17, 15) is 9.59 Å². The van der Waals surface area contributed by atoms with Crippen molar-refractivity contribution in [2.24, 2.45) is 0 Å². The minimum absolute atomic E-state index is 0.0438. The molecule has 1 aliphatic carbocycles. The zero-order chi connectivity index (χ0) is 17.1. The van der Waals surface area contributed by atoms with Gasteiger partial charge in [-0.3, -0.25) is 14.2 Å².